The van der Waals surface area contributed by atoms with Crippen molar-refractivity contribution in [1.29, 1.82) is 0 Å². The summed E-state index contributed by atoms with van der Waals surface area (Å²) in [6.45, 7) is 0. The van der Waals surface area contributed by atoms with Crippen molar-refractivity contribution in [1.82, 2.24) is 0 Å². The van der Waals surface area contributed by atoms with Crippen molar-refractivity contribution in [3.63, 3.8) is 0 Å². The zero-order chi connectivity index (χ0) is 13.5. The molecule has 109 valence electrons. The molecular weight excluding hydrogens is 427 g/mol. The van der Waals surface area contributed by atoms with Crippen molar-refractivity contribution in [3.8, 4) is 0 Å². The van der Waals surface area contributed by atoms with Gasteiger partial charge in [0.05, 0.1) is 0 Å². The van der Waals surface area contributed by atoms with E-state index < -0.39 is 31.2 Å². The summed E-state index contributed by atoms with van der Waals surface area (Å²) < 4.78 is 102. The second-order valence-electron chi connectivity index (χ2n) is 1.22. The number of rotatable bonds is 0. The summed E-state index contributed by atoms with van der Waals surface area (Å²) in [4.78, 5) is 0. The third kappa shape index (κ3) is 3220. The second kappa shape index (κ2) is 14.6. The number of hydrogen-bond acceptors (Lipinski definition) is 12. The maximum Gasteiger partial charge on any atom is 3.00 e. The molecule has 18 heavy (non-hydrogen) atoms. The number of hydrogen-bond donors (Lipinski definition) is 0. The maximum atomic E-state index is 8.52. The monoisotopic (exact) mass is 427 g/mol. The van der Waals surface area contributed by atoms with Crippen molar-refractivity contribution in [2.24, 2.45) is 0 Å². The zero-order valence-electron chi connectivity index (χ0n) is 7.41. The summed E-state index contributed by atoms with van der Waals surface area (Å²) >= 11 is 0. The quantitative estimate of drug-likeness (QED) is 0.202. The summed E-state index contributed by atoms with van der Waals surface area (Å²) in [6.07, 6.45) is 0. The fourth-order valence-corrected chi connectivity index (χ4v) is 0. The molecule has 0 amide bonds. The third-order valence-electron chi connectivity index (χ3n) is 0. The van der Waals surface area contributed by atoms with Crippen LogP contribution in [0.5, 0.6) is 0 Å². The van der Waals surface area contributed by atoms with Crippen molar-refractivity contribution >= 4 is 48.6 Å². The second-order valence-corrected chi connectivity index (χ2v) is 3.67. The molecule has 0 spiro atoms. The van der Waals surface area contributed by atoms with Gasteiger partial charge in [0.25, 0.3) is 0 Å². The molecule has 18 heteroatoms. The largest absolute Gasteiger partial charge is 3.00 e. The average molecular weight is 427 g/mol. The van der Waals surface area contributed by atoms with Crippen LogP contribution in [0.2, 0.25) is 0 Å². The van der Waals surface area contributed by atoms with Crippen LogP contribution in [0.4, 0.5) is 0 Å². The minimum atomic E-state index is -5.17. The summed E-state index contributed by atoms with van der Waals surface area (Å²) in [5, 5.41) is 0. The van der Waals surface area contributed by atoms with Crippen molar-refractivity contribution in [2.45, 2.75) is 0 Å². The summed E-state index contributed by atoms with van der Waals surface area (Å²) in [5.74, 6) is 0. The first-order chi connectivity index (χ1) is 6.00. The van der Waals surface area contributed by atoms with Gasteiger partial charge in [-0.1, -0.05) is 0 Å². The van der Waals surface area contributed by atoms with Crippen LogP contribution in [0, 0.1) is 0 Å². The fourth-order valence-electron chi connectivity index (χ4n) is 0. The van der Waals surface area contributed by atoms with E-state index in [0.29, 0.717) is 0 Å². The van der Waals surface area contributed by atoms with Gasteiger partial charge in [-0.3, -0.25) is 25.3 Å². The van der Waals surface area contributed by atoms with E-state index in [-0.39, 0.29) is 51.5 Å². The van der Waals surface area contributed by atoms with Gasteiger partial charge in [-0.15, -0.1) is 0 Å². The minimum Gasteiger partial charge on any atom is -0.759 e. The van der Waals surface area contributed by atoms with E-state index in [1.54, 1.807) is 0 Å². The Labute approximate surface area is 134 Å². The van der Waals surface area contributed by atoms with Gasteiger partial charge in [-0.25, -0.2) is 0 Å². The van der Waals surface area contributed by atoms with Gasteiger partial charge in [0, 0.05) is 48.6 Å². The smallest absolute Gasteiger partial charge is 0.759 e. The molecule has 0 bridgehead atoms. The van der Waals surface area contributed by atoms with Gasteiger partial charge >= 0.3 is 34.1 Å². The van der Waals surface area contributed by atoms with Crippen LogP contribution < -0.4 is 0 Å². The third-order valence-corrected chi connectivity index (χ3v) is 0. The Kier molecular flexibility index (Phi) is 29.6. The van der Waals surface area contributed by atoms with Crippen molar-refractivity contribution < 1.29 is 86.7 Å². The van der Waals surface area contributed by atoms with E-state index in [4.69, 9.17) is 52.6 Å². The molecule has 5 radical (unpaired) electrons. The molecule has 0 aromatic carbocycles. The normalized spacial score (nSPS) is 9.67. The molecule has 0 heterocycles. The Hall–Kier alpha value is 1.18. The van der Waals surface area contributed by atoms with E-state index in [1.165, 1.54) is 0 Å². The molecule has 0 N–H and O–H groups in total. The Morgan fingerprint density at radius 2 is 0.444 bits per heavy atom. The van der Waals surface area contributed by atoms with E-state index in [2.05, 4.69) is 0 Å². The first-order valence-corrected chi connectivity index (χ1v) is 6.00. The molecular formula is AlFe2O12S3. The van der Waals surface area contributed by atoms with E-state index >= 15 is 0 Å². The molecule has 0 aliphatic heterocycles. The Bertz CT molecular complexity index is 346. The van der Waals surface area contributed by atoms with E-state index in [1.807, 2.05) is 0 Å². The molecule has 0 atom stereocenters. The molecule has 0 aliphatic carbocycles. The van der Waals surface area contributed by atoms with Gasteiger partial charge in [-0.2, -0.15) is 0 Å². The molecule has 0 unspecified atom stereocenters. The van der Waals surface area contributed by atoms with Crippen LogP contribution in [-0.2, 0) is 65.3 Å². The standard InChI is InChI=1S/Al.2Fe.3H2O4S/c;;;3*1-5(2,3)4/h;;;3*(H2,1,2,3,4)/q;2*+3;;;/p-6. The molecule has 0 aromatic heterocycles. The van der Waals surface area contributed by atoms with Crippen molar-refractivity contribution in [3.05, 3.63) is 0 Å². The summed E-state index contributed by atoms with van der Waals surface area (Å²) in [5.41, 5.74) is 0. The summed E-state index contributed by atoms with van der Waals surface area (Å²) in [7, 11) is -15.5. The van der Waals surface area contributed by atoms with Gasteiger partial charge in [-0.05, 0) is 0 Å². The minimum absolute atomic E-state index is 0. The average Bonchev–Trinajstić information content (AvgIpc) is 1.41. The molecule has 0 rings (SSSR count). The molecule has 12 nitrogen and oxygen atoms in total. The molecule has 0 aliphatic rings. The predicted molar refractivity (Wildman–Crippen MR) is 37.2 cm³/mol. The first-order valence-electron chi connectivity index (χ1n) is 2.00. The van der Waals surface area contributed by atoms with Crippen LogP contribution in [0.1, 0.15) is 0 Å². The topological polar surface area (TPSA) is 241 Å². The molecule has 0 saturated heterocycles. The van der Waals surface area contributed by atoms with Crippen LogP contribution in [-0.4, -0.2) is 69.9 Å². The van der Waals surface area contributed by atoms with Crippen LogP contribution >= 0.6 is 0 Å². The van der Waals surface area contributed by atoms with E-state index in [0.717, 1.165) is 0 Å². The Morgan fingerprint density at radius 3 is 0.444 bits per heavy atom. The summed E-state index contributed by atoms with van der Waals surface area (Å²) in [6, 6.07) is 0. The molecule has 0 aromatic rings. The first kappa shape index (κ1) is 36.5. The zero-order valence-corrected chi connectivity index (χ0v) is 13.2. The van der Waals surface area contributed by atoms with E-state index in [9.17, 15) is 0 Å². The van der Waals surface area contributed by atoms with Gasteiger partial charge in [0.2, 0.25) is 0 Å². The molecule has 0 fully saturated rings. The SMILES string of the molecule is O=S(=O)([O-])[O-].O=S(=O)([O-])[O-].O=S(=O)([O-])[O-].[Al].[Fe+3].[Fe+3]. The fraction of sp³-hybridized carbons (Fsp3) is 0. The predicted octanol–water partition coefficient (Wildman–Crippen LogP) is -4.40. The molecule has 0 saturated carbocycles. The van der Waals surface area contributed by atoms with Gasteiger partial charge in [0.1, 0.15) is 0 Å². The van der Waals surface area contributed by atoms with Gasteiger partial charge < -0.3 is 27.3 Å². The maximum absolute atomic E-state index is 8.52. The van der Waals surface area contributed by atoms with Gasteiger partial charge in [0.15, 0.2) is 0 Å². The Balaban J connectivity index is -0.0000000277. The van der Waals surface area contributed by atoms with Crippen LogP contribution in [0.3, 0.4) is 0 Å². The van der Waals surface area contributed by atoms with Crippen LogP contribution in [0.15, 0.2) is 0 Å². The van der Waals surface area contributed by atoms with Crippen molar-refractivity contribution in [2.75, 3.05) is 0 Å². The van der Waals surface area contributed by atoms with Crippen LogP contribution in [0.25, 0.3) is 0 Å². The Morgan fingerprint density at radius 1 is 0.444 bits per heavy atom.